The molecule has 0 aliphatic heterocycles. The first-order valence-corrected chi connectivity index (χ1v) is 9.64. The van der Waals surface area contributed by atoms with Crippen molar-refractivity contribution in [3.63, 3.8) is 0 Å². The van der Waals surface area contributed by atoms with Gasteiger partial charge in [0.15, 0.2) is 0 Å². The molecule has 6 heteroatoms. The number of hydrogen-bond acceptors (Lipinski definition) is 3. The normalized spacial score (nSPS) is 12.5. The van der Waals surface area contributed by atoms with E-state index in [0.717, 1.165) is 21.8 Å². The molecule has 0 saturated heterocycles. The van der Waals surface area contributed by atoms with Gasteiger partial charge >= 0.3 is 0 Å². The summed E-state index contributed by atoms with van der Waals surface area (Å²) < 4.78 is 12.9. The third-order valence-corrected chi connectivity index (χ3v) is 5.11. The number of rotatable bonds is 7. The van der Waals surface area contributed by atoms with E-state index < -0.39 is 0 Å². The summed E-state index contributed by atoms with van der Waals surface area (Å²) in [5.74, 6) is 1.36. The number of halogens is 1. The van der Waals surface area contributed by atoms with Gasteiger partial charge in [0.2, 0.25) is 5.91 Å². The first kappa shape index (κ1) is 18.5. The smallest absolute Gasteiger partial charge is 0.221 e. The number of imidazole rings is 1. The molecule has 1 aromatic heterocycles. The Kier molecular flexibility index (Phi) is 5.93. The van der Waals surface area contributed by atoms with Crippen LogP contribution in [0, 0.1) is 11.7 Å². The molecule has 0 fully saturated rings. The standard InChI is InChI=1S/C20H22FN3OS/c1-13(2)19(20-22-16-5-3-4-6-17(16)23-20)24-18(25)11-12-26-15-9-7-14(21)8-10-15/h3-10,13,19H,11-12H2,1-2H3,(H,22,23)(H,24,25)/t19-/m1/s1. The highest BCUT2D eigenvalue weighted by molar-refractivity contribution is 7.99. The van der Waals surface area contributed by atoms with E-state index in [1.807, 2.05) is 24.3 Å². The van der Waals surface area contributed by atoms with Crippen LogP contribution in [0.2, 0.25) is 0 Å². The SMILES string of the molecule is CC(C)[C@@H](NC(=O)CCSc1ccc(F)cc1)c1nc2ccccc2[nH]1. The molecule has 1 heterocycles. The molecule has 0 aliphatic rings. The number of carbonyl (C=O) groups is 1. The third kappa shape index (κ3) is 4.64. The van der Waals surface area contributed by atoms with Crippen LogP contribution in [0.15, 0.2) is 53.4 Å². The molecule has 136 valence electrons. The Labute approximate surface area is 156 Å². The van der Waals surface area contributed by atoms with Crippen LogP contribution in [0.5, 0.6) is 0 Å². The molecule has 0 saturated carbocycles. The second kappa shape index (κ2) is 8.36. The summed E-state index contributed by atoms with van der Waals surface area (Å²) in [5, 5.41) is 3.08. The summed E-state index contributed by atoms with van der Waals surface area (Å²) in [7, 11) is 0. The average Bonchev–Trinajstić information content (AvgIpc) is 3.05. The van der Waals surface area contributed by atoms with Crippen LogP contribution in [0.4, 0.5) is 4.39 Å². The molecule has 4 nitrogen and oxygen atoms in total. The van der Waals surface area contributed by atoms with Gasteiger partial charge in [-0.15, -0.1) is 11.8 Å². The first-order valence-electron chi connectivity index (χ1n) is 8.65. The van der Waals surface area contributed by atoms with Gasteiger partial charge in [0.1, 0.15) is 11.6 Å². The van der Waals surface area contributed by atoms with Crippen molar-refractivity contribution in [3.05, 3.63) is 60.2 Å². The Morgan fingerprint density at radius 2 is 1.92 bits per heavy atom. The first-order chi connectivity index (χ1) is 12.5. The lowest BCUT2D eigenvalue weighted by Gasteiger charge is -2.20. The van der Waals surface area contributed by atoms with Crippen LogP contribution in [0.25, 0.3) is 11.0 Å². The highest BCUT2D eigenvalue weighted by atomic mass is 32.2. The van der Waals surface area contributed by atoms with Crippen LogP contribution in [-0.4, -0.2) is 21.6 Å². The lowest BCUT2D eigenvalue weighted by atomic mass is 10.0. The third-order valence-electron chi connectivity index (χ3n) is 4.10. The molecule has 3 aromatic rings. The van der Waals surface area contributed by atoms with Crippen LogP contribution < -0.4 is 5.32 Å². The summed E-state index contributed by atoms with van der Waals surface area (Å²) in [6.45, 7) is 4.12. The van der Waals surface area contributed by atoms with Gasteiger partial charge in [0.25, 0.3) is 0 Å². The molecule has 0 spiro atoms. The highest BCUT2D eigenvalue weighted by Crippen LogP contribution is 2.23. The summed E-state index contributed by atoms with van der Waals surface area (Å²) in [6.07, 6.45) is 0.394. The Bertz CT molecular complexity index is 843. The average molecular weight is 371 g/mol. The summed E-state index contributed by atoms with van der Waals surface area (Å²) >= 11 is 1.54. The molecular formula is C20H22FN3OS. The highest BCUT2D eigenvalue weighted by Gasteiger charge is 2.21. The van der Waals surface area contributed by atoms with E-state index in [2.05, 4.69) is 29.1 Å². The maximum Gasteiger partial charge on any atom is 0.221 e. The van der Waals surface area contributed by atoms with Crippen molar-refractivity contribution in [2.24, 2.45) is 5.92 Å². The number of para-hydroxylation sites is 2. The fraction of sp³-hybridized carbons (Fsp3) is 0.300. The van der Waals surface area contributed by atoms with Gasteiger partial charge in [-0.25, -0.2) is 9.37 Å². The van der Waals surface area contributed by atoms with E-state index >= 15 is 0 Å². The fourth-order valence-corrected chi connectivity index (χ4v) is 3.56. The van der Waals surface area contributed by atoms with Crippen LogP contribution in [-0.2, 0) is 4.79 Å². The van der Waals surface area contributed by atoms with Crippen molar-refractivity contribution in [1.29, 1.82) is 0 Å². The number of carbonyl (C=O) groups excluding carboxylic acids is 1. The predicted molar refractivity (Wildman–Crippen MR) is 104 cm³/mol. The van der Waals surface area contributed by atoms with Gasteiger partial charge in [-0.2, -0.15) is 0 Å². The van der Waals surface area contributed by atoms with Gasteiger partial charge in [-0.05, 0) is 42.3 Å². The number of amides is 1. The summed E-state index contributed by atoms with van der Waals surface area (Å²) in [5.41, 5.74) is 1.86. The molecule has 0 aliphatic carbocycles. The zero-order chi connectivity index (χ0) is 18.5. The minimum Gasteiger partial charge on any atom is -0.346 e. The van der Waals surface area contributed by atoms with Crippen molar-refractivity contribution >= 4 is 28.7 Å². The minimum atomic E-state index is -0.252. The molecular weight excluding hydrogens is 349 g/mol. The van der Waals surface area contributed by atoms with E-state index in [0.29, 0.717) is 12.2 Å². The van der Waals surface area contributed by atoms with E-state index in [1.165, 1.54) is 12.1 Å². The number of H-pyrrole nitrogens is 1. The number of nitrogens with one attached hydrogen (secondary N) is 2. The fourth-order valence-electron chi connectivity index (χ4n) is 2.71. The van der Waals surface area contributed by atoms with Gasteiger partial charge < -0.3 is 10.3 Å². The van der Waals surface area contributed by atoms with Crippen molar-refractivity contribution in [1.82, 2.24) is 15.3 Å². The van der Waals surface area contributed by atoms with E-state index in [9.17, 15) is 9.18 Å². The molecule has 0 unspecified atom stereocenters. The van der Waals surface area contributed by atoms with E-state index in [-0.39, 0.29) is 23.7 Å². The molecule has 3 rings (SSSR count). The largest absolute Gasteiger partial charge is 0.346 e. The quantitative estimate of drug-likeness (QED) is 0.592. The molecule has 0 bridgehead atoms. The Hall–Kier alpha value is -2.34. The van der Waals surface area contributed by atoms with E-state index in [4.69, 9.17) is 0 Å². The zero-order valence-corrected chi connectivity index (χ0v) is 15.6. The number of hydrogen-bond donors (Lipinski definition) is 2. The number of nitrogens with zero attached hydrogens (tertiary/aromatic N) is 1. The van der Waals surface area contributed by atoms with Crippen molar-refractivity contribution in [3.8, 4) is 0 Å². The summed E-state index contributed by atoms with van der Waals surface area (Å²) in [4.78, 5) is 21.2. The number of thioether (sulfide) groups is 1. The Morgan fingerprint density at radius 1 is 1.19 bits per heavy atom. The Morgan fingerprint density at radius 3 is 2.62 bits per heavy atom. The second-order valence-electron chi connectivity index (χ2n) is 6.48. The second-order valence-corrected chi connectivity index (χ2v) is 7.65. The van der Waals surface area contributed by atoms with Gasteiger partial charge in [0.05, 0.1) is 17.1 Å². The monoisotopic (exact) mass is 371 g/mol. The lowest BCUT2D eigenvalue weighted by Crippen LogP contribution is -2.32. The molecule has 1 amide bonds. The molecule has 2 N–H and O–H groups in total. The summed E-state index contributed by atoms with van der Waals surface area (Å²) in [6, 6.07) is 14.0. The number of benzene rings is 2. The van der Waals surface area contributed by atoms with Gasteiger partial charge in [-0.1, -0.05) is 26.0 Å². The molecule has 1 atom stereocenters. The van der Waals surface area contributed by atoms with Crippen LogP contribution in [0.1, 0.15) is 32.1 Å². The van der Waals surface area contributed by atoms with Crippen molar-refractivity contribution < 1.29 is 9.18 Å². The van der Waals surface area contributed by atoms with Gasteiger partial charge in [-0.3, -0.25) is 4.79 Å². The maximum atomic E-state index is 12.9. The number of fused-ring (bicyclic) bond motifs is 1. The van der Waals surface area contributed by atoms with Crippen LogP contribution in [0.3, 0.4) is 0 Å². The van der Waals surface area contributed by atoms with E-state index in [1.54, 1.807) is 23.9 Å². The Balaban J connectivity index is 1.58. The molecule has 0 radical (unpaired) electrons. The molecule has 26 heavy (non-hydrogen) atoms. The number of aromatic amines is 1. The predicted octanol–water partition coefficient (Wildman–Crippen LogP) is 4.70. The number of aromatic nitrogens is 2. The van der Waals surface area contributed by atoms with Gasteiger partial charge in [0, 0.05) is 17.1 Å². The molecule has 2 aromatic carbocycles. The maximum absolute atomic E-state index is 12.9. The topological polar surface area (TPSA) is 57.8 Å². The van der Waals surface area contributed by atoms with Crippen molar-refractivity contribution in [2.75, 3.05) is 5.75 Å². The van der Waals surface area contributed by atoms with Crippen molar-refractivity contribution in [2.45, 2.75) is 31.2 Å². The lowest BCUT2D eigenvalue weighted by molar-refractivity contribution is -0.121. The minimum absolute atomic E-state index is 0.0150. The zero-order valence-electron chi connectivity index (χ0n) is 14.8. The van der Waals surface area contributed by atoms with Crippen LogP contribution >= 0.6 is 11.8 Å².